The molecule has 2 aromatic heterocycles. The molecule has 0 N–H and O–H groups in total. The summed E-state index contributed by atoms with van der Waals surface area (Å²) in [6.45, 7) is 5.85. The van der Waals surface area contributed by atoms with E-state index in [1.807, 2.05) is 37.4 Å². The van der Waals surface area contributed by atoms with Crippen molar-refractivity contribution < 1.29 is 0 Å². The van der Waals surface area contributed by atoms with Crippen molar-refractivity contribution in [1.29, 1.82) is 0 Å². The van der Waals surface area contributed by atoms with Gasteiger partial charge in [-0.2, -0.15) is 0 Å². The SMILES string of the molecule is C=Cc1cnc(C)cc1-c1cccc(-c2ncccn2)c1. The molecule has 3 rings (SSSR count). The van der Waals surface area contributed by atoms with Gasteiger partial charge in [0, 0.05) is 35.4 Å². The minimum absolute atomic E-state index is 0.727. The summed E-state index contributed by atoms with van der Waals surface area (Å²) in [5.41, 5.74) is 5.23. The van der Waals surface area contributed by atoms with Crippen molar-refractivity contribution in [1.82, 2.24) is 15.0 Å². The molecule has 0 aliphatic carbocycles. The van der Waals surface area contributed by atoms with Crippen molar-refractivity contribution in [3.63, 3.8) is 0 Å². The zero-order chi connectivity index (χ0) is 14.7. The molecular weight excluding hydrogens is 258 g/mol. The van der Waals surface area contributed by atoms with Gasteiger partial charge in [0.05, 0.1) is 0 Å². The maximum atomic E-state index is 4.32. The molecular formula is C18H15N3. The molecule has 3 heteroatoms. The van der Waals surface area contributed by atoms with Crippen LogP contribution in [0.3, 0.4) is 0 Å². The first-order valence-corrected chi connectivity index (χ1v) is 6.75. The maximum absolute atomic E-state index is 4.32. The predicted octanol–water partition coefficient (Wildman–Crippen LogP) is 4.16. The van der Waals surface area contributed by atoms with E-state index in [1.54, 1.807) is 12.4 Å². The Balaban J connectivity index is 2.13. The van der Waals surface area contributed by atoms with Crippen molar-refractivity contribution in [2.24, 2.45) is 0 Å². The normalized spacial score (nSPS) is 10.3. The van der Waals surface area contributed by atoms with Crippen LogP contribution < -0.4 is 0 Å². The van der Waals surface area contributed by atoms with E-state index < -0.39 is 0 Å². The predicted molar refractivity (Wildman–Crippen MR) is 85.5 cm³/mol. The highest BCUT2D eigenvalue weighted by atomic mass is 14.8. The minimum atomic E-state index is 0.727. The molecule has 0 atom stereocenters. The van der Waals surface area contributed by atoms with E-state index in [2.05, 4.69) is 39.7 Å². The van der Waals surface area contributed by atoms with Crippen molar-refractivity contribution in [3.8, 4) is 22.5 Å². The lowest BCUT2D eigenvalue weighted by Gasteiger charge is -2.09. The van der Waals surface area contributed by atoms with Crippen LogP contribution in [0.2, 0.25) is 0 Å². The first kappa shape index (κ1) is 13.2. The fourth-order valence-electron chi connectivity index (χ4n) is 2.26. The lowest BCUT2D eigenvalue weighted by Crippen LogP contribution is -1.91. The Kier molecular flexibility index (Phi) is 3.56. The van der Waals surface area contributed by atoms with Crippen LogP contribution in [0.15, 0.2) is 61.6 Å². The first-order valence-electron chi connectivity index (χ1n) is 6.75. The molecule has 0 saturated heterocycles. The molecule has 21 heavy (non-hydrogen) atoms. The summed E-state index contributed by atoms with van der Waals surface area (Å²) in [5, 5.41) is 0. The number of rotatable bonds is 3. The van der Waals surface area contributed by atoms with Gasteiger partial charge < -0.3 is 0 Å². The minimum Gasteiger partial charge on any atom is -0.261 e. The molecule has 0 aliphatic rings. The Labute approximate surface area is 124 Å². The van der Waals surface area contributed by atoms with Crippen LogP contribution in [0.4, 0.5) is 0 Å². The van der Waals surface area contributed by atoms with Gasteiger partial charge in [-0.3, -0.25) is 4.98 Å². The molecule has 0 amide bonds. The standard InChI is InChI=1S/C18H15N3/c1-3-14-12-21-13(2)10-17(14)15-6-4-7-16(11-15)18-19-8-5-9-20-18/h3-12H,1H2,2H3. The second kappa shape index (κ2) is 5.67. The van der Waals surface area contributed by atoms with Gasteiger partial charge in [0.25, 0.3) is 0 Å². The van der Waals surface area contributed by atoms with Gasteiger partial charge in [0.1, 0.15) is 0 Å². The third-order valence-electron chi connectivity index (χ3n) is 3.29. The molecule has 0 bridgehead atoms. The number of nitrogens with zero attached hydrogens (tertiary/aromatic N) is 3. The van der Waals surface area contributed by atoms with Gasteiger partial charge in [-0.1, -0.05) is 30.9 Å². The van der Waals surface area contributed by atoms with Crippen LogP contribution in [-0.2, 0) is 0 Å². The second-order valence-corrected chi connectivity index (χ2v) is 4.77. The Bertz CT molecular complexity index is 779. The zero-order valence-electron chi connectivity index (χ0n) is 11.8. The number of hydrogen-bond acceptors (Lipinski definition) is 3. The fraction of sp³-hybridized carbons (Fsp3) is 0.0556. The summed E-state index contributed by atoms with van der Waals surface area (Å²) in [6, 6.07) is 12.1. The second-order valence-electron chi connectivity index (χ2n) is 4.77. The number of aryl methyl sites for hydroxylation is 1. The highest BCUT2D eigenvalue weighted by Gasteiger charge is 2.07. The van der Waals surface area contributed by atoms with Gasteiger partial charge in [-0.05, 0) is 36.2 Å². The molecule has 102 valence electrons. The van der Waals surface area contributed by atoms with Crippen LogP contribution in [-0.4, -0.2) is 15.0 Å². The van der Waals surface area contributed by atoms with Crippen LogP contribution in [0.5, 0.6) is 0 Å². The van der Waals surface area contributed by atoms with Crippen molar-refractivity contribution >= 4 is 6.08 Å². The Morgan fingerprint density at radius 3 is 2.48 bits per heavy atom. The number of benzene rings is 1. The molecule has 0 saturated carbocycles. The number of aromatic nitrogens is 3. The van der Waals surface area contributed by atoms with E-state index in [-0.39, 0.29) is 0 Å². The van der Waals surface area contributed by atoms with E-state index >= 15 is 0 Å². The lowest BCUT2D eigenvalue weighted by molar-refractivity contribution is 1.17. The first-order chi connectivity index (χ1) is 10.3. The largest absolute Gasteiger partial charge is 0.261 e. The lowest BCUT2D eigenvalue weighted by atomic mass is 9.98. The van der Waals surface area contributed by atoms with E-state index in [4.69, 9.17) is 0 Å². The molecule has 0 spiro atoms. The van der Waals surface area contributed by atoms with E-state index in [0.29, 0.717) is 0 Å². The molecule has 3 aromatic rings. The van der Waals surface area contributed by atoms with Gasteiger partial charge in [-0.25, -0.2) is 9.97 Å². The summed E-state index contributed by atoms with van der Waals surface area (Å²) in [4.78, 5) is 12.9. The Hall–Kier alpha value is -2.81. The number of pyridine rings is 1. The summed E-state index contributed by atoms with van der Waals surface area (Å²) in [5.74, 6) is 0.727. The average Bonchev–Trinajstić information content (AvgIpc) is 2.56. The van der Waals surface area contributed by atoms with Gasteiger partial charge >= 0.3 is 0 Å². The van der Waals surface area contributed by atoms with E-state index in [9.17, 15) is 0 Å². The fourth-order valence-corrected chi connectivity index (χ4v) is 2.26. The third-order valence-corrected chi connectivity index (χ3v) is 3.29. The van der Waals surface area contributed by atoms with Crippen LogP contribution in [0.25, 0.3) is 28.6 Å². The Morgan fingerprint density at radius 2 is 1.71 bits per heavy atom. The van der Waals surface area contributed by atoms with Crippen LogP contribution in [0, 0.1) is 6.92 Å². The summed E-state index contributed by atoms with van der Waals surface area (Å²) < 4.78 is 0. The molecule has 2 heterocycles. The van der Waals surface area contributed by atoms with Crippen molar-refractivity contribution in [2.45, 2.75) is 6.92 Å². The molecule has 3 nitrogen and oxygen atoms in total. The number of hydrogen-bond donors (Lipinski definition) is 0. The average molecular weight is 273 g/mol. The Morgan fingerprint density at radius 1 is 0.952 bits per heavy atom. The van der Waals surface area contributed by atoms with Crippen molar-refractivity contribution in [3.05, 3.63) is 72.8 Å². The monoisotopic (exact) mass is 273 g/mol. The molecule has 0 aliphatic heterocycles. The van der Waals surface area contributed by atoms with Gasteiger partial charge in [0.15, 0.2) is 5.82 Å². The zero-order valence-corrected chi connectivity index (χ0v) is 11.8. The summed E-state index contributed by atoms with van der Waals surface area (Å²) in [6.07, 6.45) is 7.18. The smallest absolute Gasteiger partial charge is 0.159 e. The van der Waals surface area contributed by atoms with E-state index in [1.165, 1.54) is 0 Å². The molecule has 0 radical (unpaired) electrons. The highest BCUT2D eigenvalue weighted by Crippen LogP contribution is 2.28. The van der Waals surface area contributed by atoms with Gasteiger partial charge in [0.2, 0.25) is 0 Å². The van der Waals surface area contributed by atoms with Crippen LogP contribution in [0.1, 0.15) is 11.3 Å². The highest BCUT2D eigenvalue weighted by molar-refractivity contribution is 5.77. The third kappa shape index (κ3) is 2.72. The topological polar surface area (TPSA) is 38.7 Å². The maximum Gasteiger partial charge on any atom is 0.159 e. The molecule has 1 aromatic carbocycles. The summed E-state index contributed by atoms with van der Waals surface area (Å²) >= 11 is 0. The molecule has 0 fully saturated rings. The summed E-state index contributed by atoms with van der Waals surface area (Å²) in [7, 11) is 0. The van der Waals surface area contributed by atoms with Crippen molar-refractivity contribution in [2.75, 3.05) is 0 Å². The quantitative estimate of drug-likeness (QED) is 0.719. The van der Waals surface area contributed by atoms with E-state index in [0.717, 1.165) is 33.8 Å². The van der Waals surface area contributed by atoms with Gasteiger partial charge in [-0.15, -0.1) is 0 Å². The van der Waals surface area contributed by atoms with Crippen LogP contribution >= 0.6 is 0 Å². The molecule has 0 unspecified atom stereocenters.